The molecular formula is C10H12F3N3O3S. The standard InChI is InChI=1S/C10H12F3N3O3S/c1-5-4-6(7(15-5)8(17)18)16-9(19)14-2-3-20-10(11,12)13/h4,15H,2-3H2,1H3,(H,17,18)(H2,14,16,19). The van der Waals surface area contributed by atoms with Gasteiger partial charge in [-0.05, 0) is 24.8 Å². The number of carboxylic acids is 1. The van der Waals surface area contributed by atoms with Crippen LogP contribution >= 0.6 is 11.8 Å². The van der Waals surface area contributed by atoms with Crippen molar-refractivity contribution in [1.29, 1.82) is 0 Å². The fourth-order valence-electron chi connectivity index (χ4n) is 1.35. The molecule has 4 N–H and O–H groups in total. The SMILES string of the molecule is Cc1cc(NC(=O)NCCSC(F)(F)F)c(C(=O)O)[nH]1. The van der Waals surface area contributed by atoms with Gasteiger partial charge in [-0.15, -0.1) is 0 Å². The molecule has 1 aromatic rings. The molecule has 0 bridgehead atoms. The van der Waals surface area contributed by atoms with E-state index in [9.17, 15) is 22.8 Å². The minimum atomic E-state index is -4.34. The summed E-state index contributed by atoms with van der Waals surface area (Å²) >= 11 is -0.249. The van der Waals surface area contributed by atoms with Crippen molar-refractivity contribution in [1.82, 2.24) is 10.3 Å². The molecule has 0 aliphatic heterocycles. The Bertz CT molecular complexity index is 502. The van der Waals surface area contributed by atoms with E-state index in [4.69, 9.17) is 5.11 Å². The van der Waals surface area contributed by atoms with E-state index in [1.54, 1.807) is 6.92 Å². The highest BCUT2D eigenvalue weighted by Crippen LogP contribution is 2.29. The molecule has 6 nitrogen and oxygen atoms in total. The first-order chi connectivity index (χ1) is 9.19. The lowest BCUT2D eigenvalue weighted by atomic mass is 10.3. The fraction of sp³-hybridized carbons (Fsp3) is 0.400. The van der Waals surface area contributed by atoms with Crippen LogP contribution in [-0.2, 0) is 0 Å². The van der Waals surface area contributed by atoms with Crippen LogP contribution in [0.15, 0.2) is 6.07 Å². The molecule has 0 spiro atoms. The smallest absolute Gasteiger partial charge is 0.441 e. The van der Waals surface area contributed by atoms with E-state index >= 15 is 0 Å². The van der Waals surface area contributed by atoms with Gasteiger partial charge in [-0.3, -0.25) is 0 Å². The van der Waals surface area contributed by atoms with Crippen molar-refractivity contribution in [2.75, 3.05) is 17.6 Å². The second-order valence-electron chi connectivity index (χ2n) is 3.72. The van der Waals surface area contributed by atoms with Crippen LogP contribution in [0.25, 0.3) is 0 Å². The van der Waals surface area contributed by atoms with E-state index in [0.717, 1.165) is 0 Å². The zero-order valence-corrected chi connectivity index (χ0v) is 11.1. The molecule has 0 atom stereocenters. The van der Waals surface area contributed by atoms with Crippen LogP contribution < -0.4 is 10.6 Å². The van der Waals surface area contributed by atoms with Gasteiger partial charge in [0.15, 0.2) is 0 Å². The molecule has 1 aromatic heterocycles. The molecule has 0 unspecified atom stereocenters. The lowest BCUT2D eigenvalue weighted by molar-refractivity contribution is -0.0327. The molecule has 0 saturated carbocycles. The van der Waals surface area contributed by atoms with Crippen LogP contribution in [0.1, 0.15) is 16.2 Å². The number of alkyl halides is 3. The lowest BCUT2D eigenvalue weighted by Gasteiger charge is -2.08. The Hall–Kier alpha value is -1.84. The lowest BCUT2D eigenvalue weighted by Crippen LogP contribution is -2.31. The summed E-state index contributed by atoms with van der Waals surface area (Å²) in [4.78, 5) is 24.8. The minimum Gasteiger partial charge on any atom is -0.477 e. The molecule has 0 aliphatic rings. The van der Waals surface area contributed by atoms with E-state index in [1.807, 2.05) is 0 Å². The Kier molecular flexibility index (Phi) is 5.31. The Morgan fingerprint density at radius 2 is 2.10 bits per heavy atom. The van der Waals surface area contributed by atoms with E-state index in [0.29, 0.717) is 5.69 Å². The second kappa shape index (κ2) is 6.55. The minimum absolute atomic E-state index is 0.0518. The highest BCUT2D eigenvalue weighted by Gasteiger charge is 2.27. The Morgan fingerprint density at radius 3 is 2.65 bits per heavy atom. The summed E-state index contributed by atoms with van der Waals surface area (Å²) < 4.78 is 35.5. The summed E-state index contributed by atoms with van der Waals surface area (Å²) in [6, 6.07) is 0.641. The quantitative estimate of drug-likeness (QED) is 0.628. The first-order valence-corrected chi connectivity index (χ1v) is 6.36. The summed E-state index contributed by atoms with van der Waals surface area (Å²) in [6.45, 7) is 1.41. The molecule has 0 radical (unpaired) electrons. The van der Waals surface area contributed by atoms with E-state index < -0.39 is 17.5 Å². The van der Waals surface area contributed by atoms with Gasteiger partial charge in [0, 0.05) is 18.0 Å². The Labute approximate surface area is 116 Å². The summed E-state index contributed by atoms with van der Waals surface area (Å²) in [7, 11) is 0. The number of aromatic nitrogens is 1. The number of carbonyl (C=O) groups excluding carboxylic acids is 1. The topological polar surface area (TPSA) is 94.2 Å². The number of H-pyrrole nitrogens is 1. The first-order valence-electron chi connectivity index (χ1n) is 5.37. The molecule has 1 rings (SSSR count). The van der Waals surface area contributed by atoms with E-state index in [1.165, 1.54) is 6.07 Å². The number of carboxylic acid groups (broad SMARTS) is 1. The van der Waals surface area contributed by atoms with Crippen LogP contribution in [0.3, 0.4) is 0 Å². The molecule has 0 fully saturated rings. The number of hydrogen-bond acceptors (Lipinski definition) is 3. The number of aryl methyl sites for hydroxylation is 1. The van der Waals surface area contributed by atoms with Crippen molar-refractivity contribution in [2.24, 2.45) is 0 Å². The maximum atomic E-state index is 11.8. The van der Waals surface area contributed by atoms with Crippen molar-refractivity contribution in [2.45, 2.75) is 12.4 Å². The van der Waals surface area contributed by atoms with Crippen LogP contribution in [-0.4, -0.2) is 39.9 Å². The van der Waals surface area contributed by atoms with Gasteiger partial charge < -0.3 is 20.7 Å². The molecule has 0 aliphatic carbocycles. The number of thioether (sulfide) groups is 1. The number of rotatable bonds is 5. The van der Waals surface area contributed by atoms with Crippen LogP contribution in [0.4, 0.5) is 23.7 Å². The van der Waals surface area contributed by atoms with Crippen LogP contribution in [0.2, 0.25) is 0 Å². The maximum absolute atomic E-state index is 11.8. The summed E-state index contributed by atoms with van der Waals surface area (Å²) in [5.41, 5.74) is -3.95. The van der Waals surface area contributed by atoms with Crippen LogP contribution in [0, 0.1) is 6.92 Å². The molecule has 0 saturated heterocycles. The number of carbonyl (C=O) groups is 2. The molecular weight excluding hydrogens is 299 g/mol. The monoisotopic (exact) mass is 311 g/mol. The zero-order valence-electron chi connectivity index (χ0n) is 10.3. The summed E-state index contributed by atoms with van der Waals surface area (Å²) in [5, 5.41) is 13.3. The first kappa shape index (κ1) is 16.2. The molecule has 20 heavy (non-hydrogen) atoms. The summed E-state index contributed by atoms with van der Waals surface area (Å²) in [5.74, 6) is -1.57. The van der Waals surface area contributed by atoms with Gasteiger partial charge in [0.05, 0.1) is 5.69 Å². The van der Waals surface area contributed by atoms with E-state index in [2.05, 4.69) is 15.6 Å². The van der Waals surface area contributed by atoms with Gasteiger partial charge in [0.1, 0.15) is 5.69 Å². The maximum Gasteiger partial charge on any atom is 0.441 e. The average molecular weight is 311 g/mol. The number of anilines is 1. The predicted octanol–water partition coefficient (Wildman–Crippen LogP) is 2.40. The van der Waals surface area contributed by atoms with E-state index in [-0.39, 0.29) is 35.4 Å². The largest absolute Gasteiger partial charge is 0.477 e. The molecule has 112 valence electrons. The Morgan fingerprint density at radius 1 is 1.45 bits per heavy atom. The average Bonchev–Trinajstić information content (AvgIpc) is 2.64. The normalized spacial score (nSPS) is 11.2. The third-order valence-corrected chi connectivity index (χ3v) is 2.80. The molecule has 0 aromatic carbocycles. The van der Waals surface area contributed by atoms with Gasteiger partial charge in [-0.2, -0.15) is 13.2 Å². The number of amides is 2. The van der Waals surface area contributed by atoms with Crippen molar-refractivity contribution >= 4 is 29.4 Å². The Balaban J connectivity index is 2.45. The van der Waals surface area contributed by atoms with Crippen LogP contribution in [0.5, 0.6) is 0 Å². The summed E-state index contributed by atoms with van der Waals surface area (Å²) in [6.07, 6.45) is 0. The van der Waals surface area contributed by atoms with Crippen molar-refractivity contribution in [3.05, 3.63) is 17.5 Å². The number of aromatic carboxylic acids is 1. The second-order valence-corrected chi connectivity index (χ2v) is 4.88. The van der Waals surface area contributed by atoms with Gasteiger partial charge >= 0.3 is 17.5 Å². The fourth-order valence-corrected chi connectivity index (χ4v) is 1.79. The number of urea groups is 1. The predicted molar refractivity (Wildman–Crippen MR) is 68.0 cm³/mol. The number of hydrogen-bond donors (Lipinski definition) is 4. The van der Waals surface area contributed by atoms with Gasteiger partial charge in [0.2, 0.25) is 0 Å². The number of halogens is 3. The van der Waals surface area contributed by atoms with Crippen molar-refractivity contribution in [3.63, 3.8) is 0 Å². The highest BCUT2D eigenvalue weighted by molar-refractivity contribution is 8.00. The zero-order chi connectivity index (χ0) is 15.3. The van der Waals surface area contributed by atoms with Gasteiger partial charge in [-0.25, -0.2) is 9.59 Å². The van der Waals surface area contributed by atoms with Crippen molar-refractivity contribution in [3.8, 4) is 0 Å². The number of aromatic amines is 1. The van der Waals surface area contributed by atoms with Crippen molar-refractivity contribution < 1.29 is 27.9 Å². The van der Waals surface area contributed by atoms with Gasteiger partial charge in [0.25, 0.3) is 0 Å². The third kappa shape index (κ3) is 5.43. The number of nitrogens with one attached hydrogen (secondary N) is 3. The molecule has 1 heterocycles. The molecule has 10 heteroatoms. The molecule has 2 amide bonds. The third-order valence-electron chi connectivity index (χ3n) is 2.07. The van der Waals surface area contributed by atoms with Gasteiger partial charge in [-0.1, -0.05) is 0 Å². The highest BCUT2D eigenvalue weighted by atomic mass is 32.2.